The minimum atomic E-state index is -0.0258. The summed E-state index contributed by atoms with van der Waals surface area (Å²) in [5.74, 6) is 0.798. The summed E-state index contributed by atoms with van der Waals surface area (Å²) < 4.78 is 5.96. The number of hydrogen-bond acceptors (Lipinski definition) is 4. The monoisotopic (exact) mass is 372 g/mol. The van der Waals surface area contributed by atoms with E-state index in [2.05, 4.69) is 4.98 Å². The van der Waals surface area contributed by atoms with Crippen LogP contribution in [-0.4, -0.2) is 40.8 Å². The highest BCUT2D eigenvalue weighted by molar-refractivity contribution is 6.30. The van der Waals surface area contributed by atoms with Crippen molar-refractivity contribution in [1.82, 2.24) is 9.88 Å². The summed E-state index contributed by atoms with van der Waals surface area (Å²) in [5, 5.41) is 0.680. The van der Waals surface area contributed by atoms with E-state index in [-0.39, 0.29) is 24.2 Å². The lowest BCUT2D eigenvalue weighted by Crippen LogP contribution is -2.41. The lowest BCUT2D eigenvalue weighted by Gasteiger charge is -2.32. The molecule has 1 aliphatic rings. The zero-order valence-corrected chi connectivity index (χ0v) is 15.4. The Morgan fingerprint density at radius 3 is 2.54 bits per heavy atom. The van der Waals surface area contributed by atoms with Gasteiger partial charge in [-0.1, -0.05) is 11.6 Å². The van der Waals surface area contributed by atoms with Gasteiger partial charge in [-0.15, -0.1) is 0 Å². The molecule has 0 aliphatic carbocycles. The van der Waals surface area contributed by atoms with Crippen molar-refractivity contribution in [3.05, 3.63) is 58.9 Å². The van der Waals surface area contributed by atoms with E-state index in [0.717, 1.165) is 18.6 Å². The van der Waals surface area contributed by atoms with Crippen molar-refractivity contribution in [3.8, 4) is 5.75 Å². The van der Waals surface area contributed by atoms with Gasteiger partial charge in [-0.2, -0.15) is 0 Å². The van der Waals surface area contributed by atoms with Crippen molar-refractivity contribution in [2.45, 2.75) is 32.3 Å². The summed E-state index contributed by atoms with van der Waals surface area (Å²) >= 11 is 5.88. The number of ether oxygens (including phenoxy) is 1. The number of likely N-dealkylation sites (tertiary alicyclic amines) is 1. The molecule has 0 bridgehead atoms. The van der Waals surface area contributed by atoms with Crippen LogP contribution >= 0.6 is 11.6 Å². The number of ketones is 1. The molecule has 1 aromatic carbocycles. The molecule has 0 unspecified atom stereocenters. The van der Waals surface area contributed by atoms with Crippen LogP contribution in [0.2, 0.25) is 5.02 Å². The third-order valence-corrected chi connectivity index (χ3v) is 4.59. The topological polar surface area (TPSA) is 59.5 Å². The van der Waals surface area contributed by atoms with Crippen LogP contribution in [0.4, 0.5) is 0 Å². The molecule has 5 nitrogen and oxygen atoms in total. The fraction of sp³-hybridized carbons (Fsp3) is 0.350. The van der Waals surface area contributed by atoms with Crippen molar-refractivity contribution in [3.63, 3.8) is 0 Å². The fourth-order valence-corrected chi connectivity index (χ4v) is 3.15. The Morgan fingerprint density at radius 1 is 1.19 bits per heavy atom. The van der Waals surface area contributed by atoms with Gasteiger partial charge in [0.1, 0.15) is 17.6 Å². The van der Waals surface area contributed by atoms with E-state index in [1.165, 1.54) is 6.92 Å². The minimum Gasteiger partial charge on any atom is -0.490 e. The highest BCUT2D eigenvalue weighted by atomic mass is 35.5. The van der Waals surface area contributed by atoms with Crippen LogP contribution in [0.25, 0.3) is 0 Å². The Bertz CT molecular complexity index is 784. The van der Waals surface area contributed by atoms with Crippen LogP contribution in [0.15, 0.2) is 42.6 Å². The SMILES string of the molecule is CC(=O)Cc1cc(C(=O)N2CCC(Oc3ccc(Cl)cc3)CC2)ccn1. The van der Waals surface area contributed by atoms with Crippen molar-refractivity contribution in [2.75, 3.05) is 13.1 Å². The molecular formula is C20H21ClN2O3. The van der Waals surface area contributed by atoms with Gasteiger partial charge in [0, 0.05) is 54.8 Å². The zero-order valence-electron chi connectivity index (χ0n) is 14.7. The van der Waals surface area contributed by atoms with Gasteiger partial charge in [0.05, 0.1) is 0 Å². The van der Waals surface area contributed by atoms with Gasteiger partial charge in [-0.05, 0) is 43.3 Å². The average molecular weight is 373 g/mol. The molecule has 1 aromatic heterocycles. The molecule has 26 heavy (non-hydrogen) atoms. The van der Waals surface area contributed by atoms with Gasteiger partial charge in [-0.25, -0.2) is 0 Å². The number of aromatic nitrogens is 1. The quantitative estimate of drug-likeness (QED) is 0.805. The molecule has 0 atom stereocenters. The van der Waals surface area contributed by atoms with E-state index in [1.807, 2.05) is 17.0 Å². The number of carbonyl (C=O) groups is 2. The number of halogens is 1. The third-order valence-electron chi connectivity index (χ3n) is 4.34. The lowest BCUT2D eigenvalue weighted by molar-refractivity contribution is -0.116. The van der Waals surface area contributed by atoms with Gasteiger partial charge >= 0.3 is 0 Å². The number of Topliss-reactive ketones (excluding diaryl/α,β-unsaturated/α-hetero) is 1. The Morgan fingerprint density at radius 2 is 1.88 bits per heavy atom. The van der Waals surface area contributed by atoms with E-state index in [0.29, 0.717) is 29.4 Å². The molecule has 3 rings (SSSR count). The summed E-state index contributed by atoms with van der Waals surface area (Å²) in [4.78, 5) is 29.9. The number of hydrogen-bond donors (Lipinski definition) is 0. The van der Waals surface area contributed by atoms with Gasteiger partial charge in [-0.3, -0.25) is 14.6 Å². The second-order valence-corrected chi connectivity index (χ2v) is 6.91. The first-order chi connectivity index (χ1) is 12.5. The summed E-state index contributed by atoms with van der Waals surface area (Å²) in [6, 6.07) is 10.7. The number of benzene rings is 1. The first kappa shape index (κ1) is 18.4. The molecule has 0 N–H and O–H groups in total. The van der Waals surface area contributed by atoms with Crippen molar-refractivity contribution >= 4 is 23.3 Å². The third kappa shape index (κ3) is 4.82. The van der Waals surface area contributed by atoms with Gasteiger partial charge < -0.3 is 9.64 Å². The minimum absolute atomic E-state index is 0.0258. The van der Waals surface area contributed by atoms with Gasteiger partial charge in [0.15, 0.2) is 0 Å². The maximum atomic E-state index is 12.7. The highest BCUT2D eigenvalue weighted by Gasteiger charge is 2.25. The zero-order chi connectivity index (χ0) is 18.5. The number of amides is 1. The predicted octanol–water partition coefficient (Wildman–Crippen LogP) is 3.55. The second-order valence-electron chi connectivity index (χ2n) is 6.48. The Balaban J connectivity index is 1.56. The molecule has 6 heteroatoms. The Labute approximate surface area is 157 Å². The number of carbonyl (C=O) groups excluding carboxylic acids is 2. The van der Waals surface area contributed by atoms with Gasteiger partial charge in [0.2, 0.25) is 0 Å². The van der Waals surface area contributed by atoms with Crippen LogP contribution in [0.1, 0.15) is 35.8 Å². The summed E-state index contributed by atoms with van der Waals surface area (Å²) in [7, 11) is 0. The van der Waals surface area contributed by atoms with E-state index >= 15 is 0 Å². The van der Waals surface area contributed by atoms with Crippen molar-refractivity contribution < 1.29 is 14.3 Å². The molecule has 0 saturated carbocycles. The summed E-state index contributed by atoms with van der Waals surface area (Å²) in [5.41, 5.74) is 1.21. The maximum absolute atomic E-state index is 12.7. The number of piperidine rings is 1. The Kier molecular flexibility index (Phi) is 5.89. The molecule has 0 spiro atoms. The molecule has 1 saturated heterocycles. The number of pyridine rings is 1. The van der Waals surface area contributed by atoms with Crippen LogP contribution < -0.4 is 4.74 Å². The first-order valence-corrected chi connectivity index (χ1v) is 9.05. The van der Waals surface area contributed by atoms with E-state index < -0.39 is 0 Å². The van der Waals surface area contributed by atoms with Crippen LogP contribution in [0.3, 0.4) is 0 Å². The van der Waals surface area contributed by atoms with Crippen molar-refractivity contribution in [2.24, 2.45) is 0 Å². The first-order valence-electron chi connectivity index (χ1n) is 8.67. The van der Waals surface area contributed by atoms with E-state index in [9.17, 15) is 9.59 Å². The smallest absolute Gasteiger partial charge is 0.253 e. The molecular weight excluding hydrogens is 352 g/mol. The molecule has 1 aliphatic heterocycles. The normalized spacial score (nSPS) is 14.9. The maximum Gasteiger partial charge on any atom is 0.253 e. The van der Waals surface area contributed by atoms with E-state index in [4.69, 9.17) is 16.3 Å². The fourth-order valence-electron chi connectivity index (χ4n) is 3.03. The number of nitrogens with zero attached hydrogens (tertiary/aromatic N) is 2. The Hall–Kier alpha value is -2.40. The molecule has 2 aromatic rings. The van der Waals surface area contributed by atoms with Crippen molar-refractivity contribution in [1.29, 1.82) is 0 Å². The molecule has 1 fully saturated rings. The molecule has 2 heterocycles. The summed E-state index contributed by atoms with van der Waals surface area (Å²) in [6.07, 6.45) is 3.48. The molecule has 0 radical (unpaired) electrons. The van der Waals surface area contributed by atoms with Crippen LogP contribution in [0.5, 0.6) is 5.75 Å². The lowest BCUT2D eigenvalue weighted by atomic mass is 10.1. The number of rotatable bonds is 5. The average Bonchev–Trinajstić information content (AvgIpc) is 2.63. The predicted molar refractivity (Wildman–Crippen MR) is 99.6 cm³/mol. The molecule has 1 amide bonds. The van der Waals surface area contributed by atoms with Gasteiger partial charge in [0.25, 0.3) is 5.91 Å². The standard InChI is InChI=1S/C20H21ClN2O3/c1-14(24)12-17-13-15(6-9-22-17)20(25)23-10-7-19(8-11-23)26-18-4-2-16(21)3-5-18/h2-6,9,13,19H,7-8,10-12H2,1H3. The van der Waals surface area contributed by atoms with Crippen LogP contribution in [-0.2, 0) is 11.2 Å². The second kappa shape index (κ2) is 8.32. The highest BCUT2D eigenvalue weighted by Crippen LogP contribution is 2.22. The largest absolute Gasteiger partial charge is 0.490 e. The summed E-state index contributed by atoms with van der Waals surface area (Å²) in [6.45, 7) is 2.80. The van der Waals surface area contributed by atoms with E-state index in [1.54, 1.807) is 30.5 Å². The van der Waals surface area contributed by atoms with Crippen LogP contribution in [0, 0.1) is 0 Å². The molecule has 136 valence electrons.